The van der Waals surface area contributed by atoms with Crippen LogP contribution in [-0.4, -0.2) is 34.9 Å². The summed E-state index contributed by atoms with van der Waals surface area (Å²) in [6, 6.07) is -0.660. The number of aliphatic hydroxyl groups is 2. The van der Waals surface area contributed by atoms with Gasteiger partial charge in [-0.05, 0) is 89.9 Å². The van der Waals surface area contributed by atoms with Crippen LogP contribution in [0.25, 0.3) is 0 Å². The monoisotopic (exact) mass is 998 g/mol. The van der Waals surface area contributed by atoms with Crippen LogP contribution in [0.3, 0.4) is 0 Å². The molecular formula is C68H119NO3. The molecule has 414 valence electrons. The van der Waals surface area contributed by atoms with E-state index in [1.165, 1.54) is 186 Å². The Morgan fingerprint density at radius 3 is 0.972 bits per heavy atom. The molecule has 0 bridgehead atoms. The van der Waals surface area contributed by atoms with E-state index in [2.05, 4.69) is 116 Å². The van der Waals surface area contributed by atoms with Crippen LogP contribution < -0.4 is 5.32 Å². The van der Waals surface area contributed by atoms with Crippen molar-refractivity contribution in [3.63, 3.8) is 0 Å². The summed E-state index contributed by atoms with van der Waals surface area (Å²) >= 11 is 0. The molecule has 0 aromatic heterocycles. The predicted octanol–water partition coefficient (Wildman–Crippen LogP) is 21.0. The lowest BCUT2D eigenvalue weighted by Crippen LogP contribution is -2.45. The first-order valence-electron chi connectivity index (χ1n) is 31.1. The van der Waals surface area contributed by atoms with Crippen LogP contribution in [0.4, 0.5) is 0 Å². The van der Waals surface area contributed by atoms with Gasteiger partial charge in [-0.25, -0.2) is 0 Å². The maximum absolute atomic E-state index is 12.5. The summed E-state index contributed by atoms with van der Waals surface area (Å²) in [5.74, 6) is -0.0945. The van der Waals surface area contributed by atoms with Gasteiger partial charge in [0.15, 0.2) is 0 Å². The van der Waals surface area contributed by atoms with E-state index in [0.717, 1.165) is 89.9 Å². The van der Waals surface area contributed by atoms with Crippen molar-refractivity contribution in [2.24, 2.45) is 0 Å². The van der Waals surface area contributed by atoms with Crippen molar-refractivity contribution < 1.29 is 15.0 Å². The first kappa shape index (κ1) is 69.0. The number of carbonyl (C=O) groups is 1. The summed E-state index contributed by atoms with van der Waals surface area (Å²) in [5.41, 5.74) is 0. The Bertz CT molecular complexity index is 1360. The van der Waals surface area contributed by atoms with Gasteiger partial charge in [0.05, 0.1) is 18.8 Å². The van der Waals surface area contributed by atoms with Gasteiger partial charge >= 0.3 is 0 Å². The molecule has 0 saturated heterocycles. The average Bonchev–Trinajstić information content (AvgIpc) is 3.39. The van der Waals surface area contributed by atoms with Crippen molar-refractivity contribution in [3.8, 4) is 0 Å². The molecule has 0 aromatic carbocycles. The number of unbranched alkanes of at least 4 members (excludes halogenated alkanes) is 33. The third kappa shape index (κ3) is 57.9. The smallest absolute Gasteiger partial charge is 0.220 e. The molecule has 0 rings (SSSR count). The van der Waals surface area contributed by atoms with Crippen molar-refractivity contribution in [2.45, 2.75) is 309 Å². The van der Waals surface area contributed by atoms with Crippen molar-refractivity contribution in [1.29, 1.82) is 0 Å². The minimum atomic E-state index is -0.881. The molecule has 0 radical (unpaired) electrons. The molecule has 0 aliphatic heterocycles. The summed E-state index contributed by atoms with van der Waals surface area (Å²) in [7, 11) is 0. The maximum atomic E-state index is 12.5. The van der Waals surface area contributed by atoms with Gasteiger partial charge in [0.2, 0.25) is 5.91 Å². The Kier molecular flexibility index (Phi) is 59.8. The topological polar surface area (TPSA) is 69.6 Å². The minimum Gasteiger partial charge on any atom is -0.394 e. The third-order valence-electron chi connectivity index (χ3n) is 13.7. The van der Waals surface area contributed by atoms with Gasteiger partial charge in [0.25, 0.3) is 0 Å². The Morgan fingerprint density at radius 2 is 0.625 bits per heavy atom. The van der Waals surface area contributed by atoms with E-state index in [0.29, 0.717) is 6.42 Å². The van der Waals surface area contributed by atoms with Gasteiger partial charge in [0.1, 0.15) is 0 Å². The van der Waals surface area contributed by atoms with E-state index in [1.54, 1.807) is 6.08 Å². The molecule has 0 spiro atoms. The second kappa shape index (κ2) is 62.3. The third-order valence-corrected chi connectivity index (χ3v) is 13.7. The lowest BCUT2D eigenvalue weighted by Gasteiger charge is -2.19. The molecule has 72 heavy (non-hydrogen) atoms. The van der Waals surface area contributed by atoms with Crippen LogP contribution >= 0.6 is 0 Å². The molecule has 0 fully saturated rings. The summed E-state index contributed by atoms with van der Waals surface area (Å²) in [6.07, 6.45) is 94.2. The lowest BCUT2D eigenvalue weighted by molar-refractivity contribution is -0.123. The summed E-state index contributed by atoms with van der Waals surface area (Å²) < 4.78 is 0. The highest BCUT2D eigenvalue weighted by molar-refractivity contribution is 5.76. The van der Waals surface area contributed by atoms with E-state index < -0.39 is 12.1 Å². The molecule has 4 heteroatoms. The fourth-order valence-corrected chi connectivity index (χ4v) is 9.06. The van der Waals surface area contributed by atoms with Crippen molar-refractivity contribution in [2.75, 3.05) is 6.61 Å². The van der Waals surface area contributed by atoms with E-state index in [-0.39, 0.29) is 12.5 Å². The molecule has 0 aromatic rings. The van der Waals surface area contributed by atoms with Crippen molar-refractivity contribution in [3.05, 3.63) is 109 Å². The van der Waals surface area contributed by atoms with E-state index in [1.807, 2.05) is 6.08 Å². The zero-order valence-electron chi connectivity index (χ0n) is 47.7. The molecule has 1 amide bonds. The standard InChI is InChI=1S/C68H119NO3/c1-3-5-7-9-11-13-15-17-19-21-23-25-27-29-31-32-33-34-35-36-38-39-41-43-45-47-49-51-53-55-57-59-61-63-67(71)66(65-70)69-68(72)64-62-60-58-56-54-52-50-48-46-44-42-40-37-30-28-26-24-22-20-18-16-14-12-10-8-6-4-2/h6,8,12,14,18,20,24,26,30,37,42,44,48,50,53,55,61,63,66-67,70-71H,3-5,7,9-11,13,15-17,19,21-23,25,27-29,31-36,38-41,43,45-47,49,51-52,54,56-60,62,64-65H2,1-2H3,(H,69,72)/b8-6-,14-12-,20-18-,26-24-,37-30-,44-42-,50-48-,55-53+,63-61+. The molecule has 4 nitrogen and oxygen atoms in total. The molecule has 2 atom stereocenters. The zero-order chi connectivity index (χ0) is 52.0. The Morgan fingerprint density at radius 1 is 0.347 bits per heavy atom. The van der Waals surface area contributed by atoms with Crippen molar-refractivity contribution in [1.82, 2.24) is 5.32 Å². The Hall–Kier alpha value is -2.95. The molecule has 0 heterocycles. The number of nitrogens with one attached hydrogen (secondary N) is 1. The highest BCUT2D eigenvalue weighted by Gasteiger charge is 2.18. The number of rotatable bonds is 56. The van der Waals surface area contributed by atoms with Gasteiger partial charge in [-0.2, -0.15) is 0 Å². The zero-order valence-corrected chi connectivity index (χ0v) is 47.7. The second-order valence-corrected chi connectivity index (χ2v) is 20.7. The molecule has 2 unspecified atom stereocenters. The van der Waals surface area contributed by atoms with E-state index >= 15 is 0 Å². The highest BCUT2D eigenvalue weighted by atomic mass is 16.3. The minimum absolute atomic E-state index is 0.0945. The van der Waals surface area contributed by atoms with Crippen LogP contribution in [0.2, 0.25) is 0 Å². The lowest BCUT2D eigenvalue weighted by atomic mass is 10.0. The number of allylic oxidation sites excluding steroid dienone is 17. The van der Waals surface area contributed by atoms with Gasteiger partial charge in [-0.3, -0.25) is 4.79 Å². The van der Waals surface area contributed by atoms with E-state index in [9.17, 15) is 15.0 Å². The quantitative estimate of drug-likeness (QED) is 0.0420. The number of hydrogen-bond donors (Lipinski definition) is 3. The normalized spacial score (nSPS) is 13.6. The Balaban J connectivity index is 3.58. The number of amides is 1. The number of aliphatic hydroxyl groups excluding tert-OH is 2. The second-order valence-electron chi connectivity index (χ2n) is 20.7. The highest BCUT2D eigenvalue weighted by Crippen LogP contribution is 2.17. The first-order valence-corrected chi connectivity index (χ1v) is 31.1. The molecule has 3 N–H and O–H groups in total. The SMILES string of the molecule is CC/C=C\C/C=C\C/C=C\C/C=C\C/C=C\C/C=C\C/C=C\CCCCCCCC(=O)NC(CO)C(O)/C=C/CC/C=C/CCCCCCCCCCCCCCCCCCCCCCCCCCCCC. The average molecular weight is 999 g/mol. The number of carbonyl (C=O) groups excluding carboxylic acids is 1. The summed E-state index contributed by atoms with van der Waals surface area (Å²) in [5, 5.41) is 23.2. The van der Waals surface area contributed by atoms with Gasteiger partial charge in [0, 0.05) is 6.42 Å². The first-order chi connectivity index (χ1) is 35.7. The van der Waals surface area contributed by atoms with Crippen LogP contribution in [0, 0.1) is 0 Å². The van der Waals surface area contributed by atoms with Crippen LogP contribution in [0.5, 0.6) is 0 Å². The molecule has 0 saturated carbocycles. The van der Waals surface area contributed by atoms with E-state index in [4.69, 9.17) is 0 Å². The van der Waals surface area contributed by atoms with Gasteiger partial charge in [-0.1, -0.05) is 309 Å². The fraction of sp³-hybridized carbons (Fsp3) is 0.721. The van der Waals surface area contributed by atoms with Gasteiger partial charge in [-0.15, -0.1) is 0 Å². The fourth-order valence-electron chi connectivity index (χ4n) is 9.06. The van der Waals surface area contributed by atoms with Crippen LogP contribution in [0.1, 0.15) is 296 Å². The van der Waals surface area contributed by atoms with Crippen molar-refractivity contribution >= 4 is 5.91 Å². The molecule has 0 aliphatic rings. The number of hydrogen-bond acceptors (Lipinski definition) is 3. The molecule has 0 aliphatic carbocycles. The van der Waals surface area contributed by atoms with Gasteiger partial charge < -0.3 is 15.5 Å². The van der Waals surface area contributed by atoms with Crippen LogP contribution in [-0.2, 0) is 4.79 Å². The van der Waals surface area contributed by atoms with Crippen LogP contribution in [0.15, 0.2) is 109 Å². The Labute approximate surface area is 448 Å². The maximum Gasteiger partial charge on any atom is 0.220 e. The summed E-state index contributed by atoms with van der Waals surface area (Å²) in [6.45, 7) is 4.19. The largest absolute Gasteiger partial charge is 0.394 e. The predicted molar refractivity (Wildman–Crippen MR) is 322 cm³/mol. The summed E-state index contributed by atoms with van der Waals surface area (Å²) in [4.78, 5) is 12.5. The molecular weight excluding hydrogens is 879 g/mol.